The molecule has 23 heavy (non-hydrogen) atoms. The maximum Gasteiger partial charge on any atom is 0.308 e. The average molecular weight is 329 g/mol. The number of ether oxygens (including phenoxy) is 2. The van der Waals surface area contributed by atoms with E-state index in [-0.39, 0.29) is 5.97 Å². The average Bonchev–Trinajstić information content (AvgIpc) is 2.88. The standard InChI is InChI=1S/C16H15N3O3S/c1-9-18-6-11(16(17)19-9)7-21-12-3-4-13-14(22-10(2)20)8-23-15(13)5-12/h3-6,8H,7H2,1-2H3,(H2,17,18,19). The van der Waals surface area contributed by atoms with E-state index in [9.17, 15) is 4.79 Å². The summed E-state index contributed by atoms with van der Waals surface area (Å²) in [5.41, 5.74) is 6.59. The lowest BCUT2D eigenvalue weighted by Crippen LogP contribution is -2.04. The van der Waals surface area contributed by atoms with Crippen LogP contribution in [0.4, 0.5) is 5.82 Å². The van der Waals surface area contributed by atoms with Crippen LogP contribution < -0.4 is 15.2 Å². The summed E-state index contributed by atoms with van der Waals surface area (Å²) in [6.45, 7) is 3.46. The molecule has 0 aliphatic carbocycles. The van der Waals surface area contributed by atoms with Gasteiger partial charge in [0.1, 0.15) is 29.7 Å². The number of thiophene rings is 1. The lowest BCUT2D eigenvalue weighted by molar-refractivity contribution is -0.131. The third kappa shape index (κ3) is 3.40. The van der Waals surface area contributed by atoms with Crippen LogP contribution >= 0.6 is 11.3 Å². The van der Waals surface area contributed by atoms with E-state index in [1.165, 1.54) is 18.3 Å². The number of carbonyl (C=O) groups is 1. The summed E-state index contributed by atoms with van der Waals surface area (Å²) in [6, 6.07) is 5.60. The number of rotatable bonds is 4. The van der Waals surface area contributed by atoms with Gasteiger partial charge in [-0.25, -0.2) is 9.97 Å². The van der Waals surface area contributed by atoms with Crippen LogP contribution in [0.5, 0.6) is 11.5 Å². The Kier molecular flexibility index (Phi) is 4.12. The summed E-state index contributed by atoms with van der Waals surface area (Å²) in [6.07, 6.45) is 1.67. The number of nitrogen functional groups attached to an aromatic ring is 1. The van der Waals surface area contributed by atoms with Crippen molar-refractivity contribution in [3.63, 3.8) is 0 Å². The minimum absolute atomic E-state index is 0.291. The highest BCUT2D eigenvalue weighted by Crippen LogP contribution is 2.35. The van der Waals surface area contributed by atoms with Crippen LogP contribution in [0.15, 0.2) is 29.8 Å². The van der Waals surface area contributed by atoms with Crippen LogP contribution in [0, 0.1) is 6.92 Å². The van der Waals surface area contributed by atoms with Crippen molar-refractivity contribution in [2.45, 2.75) is 20.5 Å². The van der Waals surface area contributed by atoms with Crippen LogP contribution in [-0.2, 0) is 11.4 Å². The minimum atomic E-state index is -0.333. The predicted octanol–water partition coefficient (Wildman–Crippen LogP) is 3.09. The summed E-state index contributed by atoms with van der Waals surface area (Å²) >= 11 is 1.49. The molecule has 2 aromatic heterocycles. The molecule has 0 saturated heterocycles. The number of esters is 1. The maximum atomic E-state index is 11.1. The Morgan fingerprint density at radius 1 is 1.39 bits per heavy atom. The maximum absolute atomic E-state index is 11.1. The van der Waals surface area contributed by atoms with Crippen LogP contribution in [-0.4, -0.2) is 15.9 Å². The van der Waals surface area contributed by atoms with Crippen molar-refractivity contribution in [2.24, 2.45) is 0 Å². The number of aryl methyl sites for hydroxylation is 1. The fourth-order valence-electron chi connectivity index (χ4n) is 2.09. The lowest BCUT2D eigenvalue weighted by Gasteiger charge is -2.08. The second kappa shape index (κ2) is 6.21. The molecule has 0 unspecified atom stereocenters. The summed E-state index contributed by atoms with van der Waals surface area (Å²) in [7, 11) is 0. The molecule has 3 rings (SSSR count). The SMILES string of the molecule is CC(=O)Oc1csc2cc(OCc3cnc(C)nc3N)ccc12. The fourth-order valence-corrected chi connectivity index (χ4v) is 2.98. The van der Waals surface area contributed by atoms with Crippen LogP contribution in [0.3, 0.4) is 0 Å². The number of aromatic nitrogens is 2. The molecule has 0 amide bonds. The van der Waals surface area contributed by atoms with Gasteiger partial charge in [-0.1, -0.05) is 0 Å². The fraction of sp³-hybridized carbons (Fsp3) is 0.188. The smallest absolute Gasteiger partial charge is 0.308 e. The van der Waals surface area contributed by atoms with E-state index in [4.69, 9.17) is 15.2 Å². The molecule has 6 nitrogen and oxygen atoms in total. The zero-order valence-electron chi connectivity index (χ0n) is 12.7. The largest absolute Gasteiger partial charge is 0.489 e. The van der Waals surface area contributed by atoms with Crippen molar-refractivity contribution in [1.82, 2.24) is 9.97 Å². The number of hydrogen-bond donors (Lipinski definition) is 1. The summed E-state index contributed by atoms with van der Waals surface area (Å²) in [5, 5.41) is 2.69. The molecule has 3 aromatic rings. The molecule has 118 valence electrons. The van der Waals surface area contributed by atoms with Gasteiger partial charge in [0.2, 0.25) is 0 Å². The number of hydrogen-bond acceptors (Lipinski definition) is 7. The Hall–Kier alpha value is -2.67. The van der Waals surface area contributed by atoms with E-state index in [0.717, 1.165) is 15.6 Å². The second-order valence-electron chi connectivity index (χ2n) is 4.97. The van der Waals surface area contributed by atoms with E-state index >= 15 is 0 Å². The molecular formula is C16H15N3O3S. The van der Waals surface area contributed by atoms with E-state index in [1.807, 2.05) is 23.6 Å². The molecule has 0 aliphatic rings. The zero-order valence-corrected chi connectivity index (χ0v) is 13.5. The van der Waals surface area contributed by atoms with E-state index in [1.54, 1.807) is 13.1 Å². The lowest BCUT2D eigenvalue weighted by atomic mass is 10.2. The molecular weight excluding hydrogens is 314 g/mol. The van der Waals surface area contributed by atoms with Gasteiger partial charge < -0.3 is 15.2 Å². The topological polar surface area (TPSA) is 87.3 Å². The first-order chi connectivity index (χ1) is 11.0. The molecule has 7 heteroatoms. The number of nitrogens with zero attached hydrogens (tertiary/aromatic N) is 2. The van der Waals surface area contributed by atoms with Crippen LogP contribution in [0.2, 0.25) is 0 Å². The first-order valence-electron chi connectivity index (χ1n) is 6.93. The van der Waals surface area contributed by atoms with Gasteiger partial charge in [-0.2, -0.15) is 0 Å². The Morgan fingerprint density at radius 2 is 2.22 bits per heavy atom. The van der Waals surface area contributed by atoms with Crippen molar-refractivity contribution >= 4 is 33.2 Å². The third-order valence-corrected chi connectivity index (χ3v) is 4.10. The molecule has 0 fully saturated rings. The van der Waals surface area contributed by atoms with Crippen molar-refractivity contribution in [1.29, 1.82) is 0 Å². The summed E-state index contributed by atoms with van der Waals surface area (Å²) in [4.78, 5) is 19.3. The van der Waals surface area contributed by atoms with Gasteiger partial charge >= 0.3 is 5.97 Å². The number of carbonyl (C=O) groups excluding carboxylic acids is 1. The second-order valence-corrected chi connectivity index (χ2v) is 5.88. The highest BCUT2D eigenvalue weighted by Gasteiger charge is 2.09. The normalized spacial score (nSPS) is 10.7. The molecule has 1 aromatic carbocycles. The number of benzene rings is 1. The van der Waals surface area contributed by atoms with Gasteiger partial charge in [0.25, 0.3) is 0 Å². The molecule has 2 heterocycles. The van der Waals surface area contributed by atoms with Gasteiger partial charge in [0.15, 0.2) is 0 Å². The van der Waals surface area contributed by atoms with E-state index in [2.05, 4.69) is 9.97 Å². The molecule has 0 spiro atoms. The monoisotopic (exact) mass is 329 g/mol. The quantitative estimate of drug-likeness (QED) is 0.740. The molecule has 0 aliphatic heterocycles. The number of fused-ring (bicyclic) bond motifs is 1. The molecule has 0 saturated carbocycles. The van der Waals surface area contributed by atoms with Gasteiger partial charge in [0.05, 0.1) is 0 Å². The van der Waals surface area contributed by atoms with Crippen molar-refractivity contribution < 1.29 is 14.3 Å². The summed E-state index contributed by atoms with van der Waals surface area (Å²) in [5.74, 6) is 1.99. The van der Waals surface area contributed by atoms with Crippen LogP contribution in [0.25, 0.3) is 10.1 Å². The van der Waals surface area contributed by atoms with Crippen molar-refractivity contribution in [3.05, 3.63) is 41.2 Å². The highest BCUT2D eigenvalue weighted by atomic mass is 32.1. The van der Waals surface area contributed by atoms with Crippen molar-refractivity contribution in [3.8, 4) is 11.5 Å². The Labute approximate surface area is 136 Å². The number of nitrogens with two attached hydrogens (primary N) is 1. The zero-order chi connectivity index (χ0) is 16.4. The predicted molar refractivity (Wildman–Crippen MR) is 88.6 cm³/mol. The number of anilines is 1. The third-order valence-electron chi connectivity index (χ3n) is 3.18. The minimum Gasteiger partial charge on any atom is -0.489 e. The van der Waals surface area contributed by atoms with Gasteiger partial charge in [-0.3, -0.25) is 4.79 Å². The Morgan fingerprint density at radius 3 is 2.96 bits per heavy atom. The molecule has 0 atom stereocenters. The highest BCUT2D eigenvalue weighted by molar-refractivity contribution is 7.17. The van der Waals surface area contributed by atoms with Gasteiger partial charge in [0, 0.05) is 34.2 Å². The van der Waals surface area contributed by atoms with E-state index in [0.29, 0.717) is 29.7 Å². The summed E-state index contributed by atoms with van der Waals surface area (Å²) < 4.78 is 11.9. The van der Waals surface area contributed by atoms with Crippen LogP contribution in [0.1, 0.15) is 18.3 Å². The molecule has 2 N–H and O–H groups in total. The molecule has 0 radical (unpaired) electrons. The van der Waals surface area contributed by atoms with E-state index < -0.39 is 0 Å². The van der Waals surface area contributed by atoms with Gasteiger partial charge in [-0.05, 0) is 25.1 Å². The molecule has 0 bridgehead atoms. The first-order valence-corrected chi connectivity index (χ1v) is 7.81. The Balaban J connectivity index is 1.77. The first kappa shape index (κ1) is 15.2. The van der Waals surface area contributed by atoms with Crippen molar-refractivity contribution in [2.75, 3.05) is 5.73 Å². The van der Waals surface area contributed by atoms with Gasteiger partial charge in [-0.15, -0.1) is 11.3 Å². The Bertz CT molecular complexity index is 876.